The van der Waals surface area contributed by atoms with Crippen molar-refractivity contribution in [3.63, 3.8) is 0 Å². The number of ether oxygens (including phenoxy) is 2. The van der Waals surface area contributed by atoms with Crippen LogP contribution in [0.2, 0.25) is 0 Å². The highest BCUT2D eigenvalue weighted by molar-refractivity contribution is 5.81. The molecule has 1 aromatic heterocycles. The summed E-state index contributed by atoms with van der Waals surface area (Å²) >= 11 is 0. The molecule has 0 radical (unpaired) electrons. The van der Waals surface area contributed by atoms with Crippen LogP contribution in [-0.2, 0) is 35.5 Å². The first-order valence-corrected chi connectivity index (χ1v) is 11.7. The van der Waals surface area contributed by atoms with E-state index in [0.717, 1.165) is 27.9 Å². The van der Waals surface area contributed by atoms with Crippen molar-refractivity contribution >= 4 is 12.1 Å². The van der Waals surface area contributed by atoms with Gasteiger partial charge in [-0.3, -0.25) is 9.78 Å². The molecule has 0 unspecified atom stereocenters. The predicted molar refractivity (Wildman–Crippen MR) is 134 cm³/mol. The molecule has 0 fully saturated rings. The van der Waals surface area contributed by atoms with Gasteiger partial charge in [0.05, 0.1) is 5.69 Å². The van der Waals surface area contributed by atoms with E-state index < -0.39 is 17.7 Å². The number of nitrogens with two attached hydrogens (primary N) is 1. The maximum atomic E-state index is 12.5. The third-order valence-corrected chi connectivity index (χ3v) is 4.97. The number of alkyl carbamates (subject to hydrolysis) is 1. The number of benzene rings is 1. The molecule has 0 saturated heterocycles. The fourth-order valence-electron chi connectivity index (χ4n) is 3.63. The Morgan fingerprint density at radius 3 is 2.12 bits per heavy atom. The highest BCUT2D eigenvalue weighted by Crippen LogP contribution is 2.39. The minimum absolute atomic E-state index is 0.0533. The maximum absolute atomic E-state index is 12.5. The molecule has 3 N–H and O–H groups in total. The van der Waals surface area contributed by atoms with Crippen LogP contribution in [0.3, 0.4) is 0 Å². The summed E-state index contributed by atoms with van der Waals surface area (Å²) in [5.41, 5.74) is 10.1. The fraction of sp³-hybridized carbons (Fsp3) is 0.519. The van der Waals surface area contributed by atoms with Crippen molar-refractivity contribution in [2.24, 2.45) is 11.1 Å². The first-order chi connectivity index (χ1) is 15.7. The van der Waals surface area contributed by atoms with Crippen molar-refractivity contribution in [1.29, 1.82) is 0 Å². The van der Waals surface area contributed by atoms with E-state index in [1.54, 1.807) is 0 Å². The number of aromatic nitrogens is 1. The summed E-state index contributed by atoms with van der Waals surface area (Å²) < 4.78 is 11.2. The summed E-state index contributed by atoms with van der Waals surface area (Å²) in [7, 11) is 0. The molecule has 7 nitrogen and oxygen atoms in total. The molecule has 1 aromatic carbocycles. The summed E-state index contributed by atoms with van der Waals surface area (Å²) in [6, 6.07) is 7.82. The van der Waals surface area contributed by atoms with Gasteiger partial charge in [-0.25, -0.2) is 4.79 Å². The number of hydrogen-bond donors (Lipinski definition) is 2. The van der Waals surface area contributed by atoms with Gasteiger partial charge < -0.3 is 20.5 Å². The lowest BCUT2D eigenvalue weighted by Gasteiger charge is -2.25. The Morgan fingerprint density at radius 1 is 1.03 bits per heavy atom. The molecule has 186 valence electrons. The minimum atomic E-state index is -0.619. The molecule has 0 spiro atoms. The van der Waals surface area contributed by atoms with Crippen LogP contribution in [0.15, 0.2) is 24.3 Å². The van der Waals surface area contributed by atoms with Gasteiger partial charge in [-0.05, 0) is 50.2 Å². The van der Waals surface area contributed by atoms with Crippen LogP contribution in [0.4, 0.5) is 4.79 Å². The molecule has 0 aliphatic heterocycles. The first kappa shape index (κ1) is 27.3. The van der Waals surface area contributed by atoms with Gasteiger partial charge in [0.15, 0.2) is 5.75 Å². The van der Waals surface area contributed by atoms with Gasteiger partial charge in [0, 0.05) is 36.8 Å². The molecule has 1 heterocycles. The minimum Gasteiger partial charge on any atom is -0.444 e. The number of hydrogen-bond acceptors (Lipinski definition) is 6. The number of aryl methyl sites for hydroxylation is 1. The molecule has 0 bridgehead atoms. The van der Waals surface area contributed by atoms with E-state index in [0.29, 0.717) is 30.8 Å². The number of pyridine rings is 1. The van der Waals surface area contributed by atoms with E-state index in [2.05, 4.69) is 26.1 Å². The molecular formula is C27H39N3O4. The summed E-state index contributed by atoms with van der Waals surface area (Å²) in [4.78, 5) is 29.5. The number of nitrogens with one attached hydrogen (secondary N) is 1. The number of amides is 1. The third kappa shape index (κ3) is 7.83. The van der Waals surface area contributed by atoms with Crippen molar-refractivity contribution in [1.82, 2.24) is 10.3 Å². The Bertz CT molecular complexity index is 1020. The molecule has 34 heavy (non-hydrogen) atoms. The molecule has 0 atom stereocenters. The van der Waals surface area contributed by atoms with Crippen molar-refractivity contribution in [3.05, 3.63) is 46.8 Å². The van der Waals surface area contributed by atoms with Crippen molar-refractivity contribution < 1.29 is 19.1 Å². The van der Waals surface area contributed by atoms with Crippen LogP contribution in [0.25, 0.3) is 11.1 Å². The Balaban J connectivity index is 2.75. The lowest BCUT2D eigenvalue weighted by atomic mass is 9.86. The van der Waals surface area contributed by atoms with Crippen LogP contribution in [0.5, 0.6) is 5.75 Å². The third-order valence-electron chi connectivity index (χ3n) is 4.97. The van der Waals surface area contributed by atoms with Crippen molar-refractivity contribution in [2.45, 2.75) is 86.9 Å². The monoisotopic (exact) mass is 469 g/mol. The second-order valence-electron chi connectivity index (χ2n) is 10.6. The summed E-state index contributed by atoms with van der Waals surface area (Å²) in [5, 5.41) is 2.87. The van der Waals surface area contributed by atoms with Crippen LogP contribution in [0.1, 0.15) is 77.9 Å². The molecule has 0 aliphatic rings. The van der Waals surface area contributed by atoms with Crippen molar-refractivity contribution in [2.75, 3.05) is 0 Å². The molecule has 0 aliphatic carbocycles. The average molecular weight is 470 g/mol. The summed E-state index contributed by atoms with van der Waals surface area (Å²) in [6.45, 7) is 15.8. The lowest BCUT2D eigenvalue weighted by Crippen LogP contribution is -2.33. The zero-order chi connectivity index (χ0) is 25.7. The van der Waals surface area contributed by atoms with Crippen LogP contribution in [0, 0.1) is 5.41 Å². The lowest BCUT2D eigenvalue weighted by molar-refractivity contribution is -0.131. The molecule has 2 aromatic rings. The zero-order valence-corrected chi connectivity index (χ0v) is 21.8. The Kier molecular flexibility index (Phi) is 8.83. The fourth-order valence-corrected chi connectivity index (χ4v) is 3.63. The van der Waals surface area contributed by atoms with Gasteiger partial charge >= 0.3 is 12.1 Å². The topological polar surface area (TPSA) is 104 Å². The van der Waals surface area contributed by atoms with E-state index >= 15 is 0 Å². The van der Waals surface area contributed by atoms with Crippen LogP contribution >= 0.6 is 0 Å². The predicted octanol–water partition coefficient (Wildman–Crippen LogP) is 5.31. The molecular weight excluding hydrogens is 430 g/mol. The van der Waals surface area contributed by atoms with E-state index in [9.17, 15) is 9.59 Å². The van der Waals surface area contributed by atoms with E-state index in [-0.39, 0.29) is 12.0 Å². The second-order valence-corrected chi connectivity index (χ2v) is 10.6. The number of carbonyl (C=O) groups is 2. The Hall–Kier alpha value is -2.93. The van der Waals surface area contributed by atoms with Gasteiger partial charge in [0.1, 0.15) is 5.60 Å². The second kappa shape index (κ2) is 11.0. The SMILES string of the molecule is CCc1nc(CC(C)(C)C)c(CNC(=O)OC(C)(C)C)c(-c2ccc(CN)cc2)c1OC(C)=O. The smallest absolute Gasteiger partial charge is 0.407 e. The number of carbonyl (C=O) groups excluding carboxylic acids is 2. The van der Waals surface area contributed by atoms with Crippen molar-refractivity contribution in [3.8, 4) is 16.9 Å². The highest BCUT2D eigenvalue weighted by atomic mass is 16.6. The van der Waals surface area contributed by atoms with Gasteiger partial charge in [-0.1, -0.05) is 52.0 Å². The molecule has 2 rings (SSSR count). The van der Waals surface area contributed by atoms with Gasteiger partial charge in [0.2, 0.25) is 0 Å². The number of rotatable bonds is 7. The number of nitrogens with zero attached hydrogens (tertiary/aromatic N) is 1. The van der Waals surface area contributed by atoms with Crippen LogP contribution < -0.4 is 15.8 Å². The van der Waals surface area contributed by atoms with E-state index in [1.165, 1.54) is 6.92 Å². The average Bonchev–Trinajstić information content (AvgIpc) is 2.70. The van der Waals surface area contributed by atoms with Gasteiger partial charge in [-0.15, -0.1) is 0 Å². The Morgan fingerprint density at radius 2 is 1.65 bits per heavy atom. The first-order valence-electron chi connectivity index (χ1n) is 11.7. The quantitative estimate of drug-likeness (QED) is 0.533. The maximum Gasteiger partial charge on any atom is 0.407 e. The van der Waals surface area contributed by atoms with E-state index in [1.807, 2.05) is 52.0 Å². The Labute approximate surface area is 203 Å². The highest BCUT2D eigenvalue weighted by Gasteiger charge is 2.26. The van der Waals surface area contributed by atoms with Crippen LogP contribution in [-0.4, -0.2) is 22.6 Å². The van der Waals surface area contributed by atoms with Gasteiger partial charge in [-0.2, -0.15) is 0 Å². The number of esters is 1. The summed E-state index contributed by atoms with van der Waals surface area (Å²) in [5.74, 6) is 0.0000904. The molecule has 1 amide bonds. The normalized spacial score (nSPS) is 11.8. The summed E-state index contributed by atoms with van der Waals surface area (Å²) in [6.07, 6.45) is 0.750. The molecule has 7 heteroatoms. The standard InChI is InChI=1S/C27H39N3O4/c1-9-21-24(33-17(2)31)23(19-12-10-18(15-28)11-13-19)20(22(30-21)14-26(3,4)5)16-29-25(32)34-27(6,7)8/h10-13H,9,14-16,28H2,1-8H3,(H,29,32). The van der Waals surface area contributed by atoms with E-state index in [4.69, 9.17) is 20.2 Å². The zero-order valence-electron chi connectivity index (χ0n) is 21.8. The van der Waals surface area contributed by atoms with Gasteiger partial charge in [0.25, 0.3) is 0 Å². The largest absolute Gasteiger partial charge is 0.444 e. The molecule has 0 saturated carbocycles.